The summed E-state index contributed by atoms with van der Waals surface area (Å²) in [4.78, 5) is 26.2. The van der Waals surface area contributed by atoms with Crippen molar-refractivity contribution >= 4 is 11.8 Å². The number of hydrogen-bond donors (Lipinski definition) is 0. The molecule has 4 nitrogen and oxygen atoms in total. The van der Waals surface area contributed by atoms with E-state index in [-0.39, 0.29) is 41.8 Å². The van der Waals surface area contributed by atoms with Gasteiger partial charge in [0.2, 0.25) is 11.8 Å². The van der Waals surface area contributed by atoms with Gasteiger partial charge in [-0.25, -0.2) is 0 Å². The minimum atomic E-state index is -0.141. The average molecular weight is 263 g/mol. The third-order valence-corrected chi connectivity index (χ3v) is 4.76. The molecule has 5 atom stereocenters. The Hall–Kier alpha value is -1.16. The highest BCUT2D eigenvalue weighted by Gasteiger charge is 2.62. The summed E-state index contributed by atoms with van der Waals surface area (Å²) in [7, 11) is 0. The van der Waals surface area contributed by atoms with Crippen molar-refractivity contribution in [3.63, 3.8) is 0 Å². The Kier molecular flexibility index (Phi) is 3.21. The maximum Gasteiger partial charge on any atom is 0.233 e. The Morgan fingerprint density at radius 3 is 2.89 bits per heavy atom. The van der Waals surface area contributed by atoms with Crippen LogP contribution in [-0.4, -0.2) is 35.5 Å². The summed E-state index contributed by atoms with van der Waals surface area (Å²) >= 11 is 0. The lowest BCUT2D eigenvalue weighted by atomic mass is 9.71. The van der Waals surface area contributed by atoms with E-state index in [0.29, 0.717) is 6.54 Å². The van der Waals surface area contributed by atoms with Crippen molar-refractivity contribution < 1.29 is 14.3 Å². The number of likely N-dealkylation sites (tertiary alicyclic amines) is 1. The molecule has 3 aliphatic rings. The van der Waals surface area contributed by atoms with Crippen molar-refractivity contribution in [1.82, 2.24) is 4.90 Å². The number of rotatable bonds is 5. The van der Waals surface area contributed by atoms with Crippen molar-refractivity contribution in [2.45, 2.75) is 44.8 Å². The van der Waals surface area contributed by atoms with Gasteiger partial charge < -0.3 is 4.74 Å². The van der Waals surface area contributed by atoms with Gasteiger partial charge in [-0.05, 0) is 12.8 Å². The monoisotopic (exact) mass is 263 g/mol. The first-order valence-electron chi connectivity index (χ1n) is 7.30. The predicted octanol–water partition coefficient (Wildman–Crippen LogP) is 1.75. The van der Waals surface area contributed by atoms with Gasteiger partial charge in [-0.1, -0.05) is 25.8 Å². The smallest absolute Gasteiger partial charge is 0.233 e. The van der Waals surface area contributed by atoms with Crippen LogP contribution in [0.2, 0.25) is 0 Å². The maximum atomic E-state index is 12.5. The number of unbranched alkanes of at least 4 members (excludes halogenated alkanes) is 1. The molecule has 5 unspecified atom stereocenters. The molecule has 104 valence electrons. The molecule has 3 rings (SSSR count). The van der Waals surface area contributed by atoms with Gasteiger partial charge in [0.15, 0.2) is 0 Å². The van der Waals surface area contributed by atoms with Crippen LogP contribution in [0, 0.1) is 17.8 Å². The van der Waals surface area contributed by atoms with Gasteiger partial charge in [0.25, 0.3) is 0 Å². The minimum Gasteiger partial charge on any atom is -0.369 e. The van der Waals surface area contributed by atoms with Gasteiger partial charge in [0.1, 0.15) is 0 Å². The van der Waals surface area contributed by atoms with E-state index in [1.165, 1.54) is 4.90 Å². The average Bonchev–Trinajstić information content (AvgIpc) is 3.14. The number of fused-ring (bicyclic) bond motifs is 2. The van der Waals surface area contributed by atoms with Crippen LogP contribution in [0.25, 0.3) is 0 Å². The molecular formula is C15H21NO3. The van der Waals surface area contributed by atoms with Crippen LogP contribution >= 0.6 is 0 Å². The fourth-order valence-corrected chi connectivity index (χ4v) is 3.81. The molecule has 1 saturated carbocycles. The van der Waals surface area contributed by atoms with Gasteiger partial charge >= 0.3 is 0 Å². The van der Waals surface area contributed by atoms with E-state index in [2.05, 4.69) is 13.5 Å². The molecule has 0 aromatic heterocycles. The zero-order valence-corrected chi connectivity index (χ0v) is 11.4. The van der Waals surface area contributed by atoms with E-state index in [1.54, 1.807) is 6.08 Å². The SMILES string of the molecule is C=CCN1C(=O)C2CC3OC3C(CCCC)C2C1=O. The number of hydrogen-bond acceptors (Lipinski definition) is 3. The van der Waals surface area contributed by atoms with E-state index >= 15 is 0 Å². The van der Waals surface area contributed by atoms with Gasteiger partial charge in [0.05, 0.1) is 24.0 Å². The zero-order valence-electron chi connectivity index (χ0n) is 11.4. The topological polar surface area (TPSA) is 49.9 Å². The molecular weight excluding hydrogens is 242 g/mol. The summed E-state index contributed by atoms with van der Waals surface area (Å²) in [5, 5.41) is 0. The highest BCUT2D eigenvalue weighted by Crippen LogP contribution is 2.52. The molecule has 3 fully saturated rings. The molecule has 19 heavy (non-hydrogen) atoms. The summed E-state index contributed by atoms with van der Waals surface area (Å²) in [6.07, 6.45) is 6.03. The van der Waals surface area contributed by atoms with Crippen LogP contribution in [0.4, 0.5) is 0 Å². The molecule has 0 aromatic carbocycles. The molecule has 4 heteroatoms. The van der Waals surface area contributed by atoms with E-state index in [1.807, 2.05) is 0 Å². The second-order valence-corrected chi connectivity index (χ2v) is 5.89. The Bertz CT molecular complexity index is 420. The van der Waals surface area contributed by atoms with Crippen LogP contribution in [0.15, 0.2) is 12.7 Å². The quantitative estimate of drug-likeness (QED) is 0.431. The Morgan fingerprint density at radius 2 is 2.21 bits per heavy atom. The molecule has 0 bridgehead atoms. The minimum absolute atomic E-state index is 0.00459. The van der Waals surface area contributed by atoms with Crippen molar-refractivity contribution in [3.8, 4) is 0 Å². The Balaban J connectivity index is 1.82. The first-order chi connectivity index (χ1) is 9.19. The number of amides is 2. The lowest BCUT2D eigenvalue weighted by Crippen LogP contribution is -2.36. The molecule has 2 saturated heterocycles. The molecule has 0 N–H and O–H groups in total. The number of ether oxygens (including phenoxy) is 1. The van der Waals surface area contributed by atoms with Crippen LogP contribution in [0.1, 0.15) is 32.6 Å². The summed E-state index contributed by atoms with van der Waals surface area (Å²) in [6, 6.07) is 0. The molecule has 2 amide bonds. The van der Waals surface area contributed by atoms with Crippen molar-refractivity contribution in [2.75, 3.05) is 6.54 Å². The fraction of sp³-hybridized carbons (Fsp3) is 0.733. The summed E-state index contributed by atoms with van der Waals surface area (Å²) < 4.78 is 5.67. The summed E-state index contributed by atoms with van der Waals surface area (Å²) in [5.41, 5.74) is 0. The van der Waals surface area contributed by atoms with Crippen LogP contribution < -0.4 is 0 Å². The fourth-order valence-electron chi connectivity index (χ4n) is 3.81. The van der Waals surface area contributed by atoms with Crippen LogP contribution in [0.3, 0.4) is 0 Å². The summed E-state index contributed by atoms with van der Waals surface area (Å²) in [5.74, 6) is -0.0360. The first kappa shape index (κ1) is 12.9. The van der Waals surface area contributed by atoms with Gasteiger partial charge in [-0.2, -0.15) is 0 Å². The molecule has 0 aromatic rings. The van der Waals surface area contributed by atoms with Crippen LogP contribution in [-0.2, 0) is 14.3 Å². The van der Waals surface area contributed by atoms with Crippen molar-refractivity contribution in [1.29, 1.82) is 0 Å². The number of carbonyl (C=O) groups excluding carboxylic acids is 2. The Labute approximate surface area is 113 Å². The van der Waals surface area contributed by atoms with Crippen molar-refractivity contribution in [2.24, 2.45) is 17.8 Å². The molecule has 1 aliphatic carbocycles. The first-order valence-corrected chi connectivity index (χ1v) is 7.30. The van der Waals surface area contributed by atoms with Crippen molar-refractivity contribution in [3.05, 3.63) is 12.7 Å². The van der Waals surface area contributed by atoms with E-state index in [0.717, 1.165) is 25.7 Å². The van der Waals surface area contributed by atoms with E-state index in [4.69, 9.17) is 4.74 Å². The van der Waals surface area contributed by atoms with E-state index < -0.39 is 0 Å². The molecule has 0 spiro atoms. The molecule has 2 aliphatic heterocycles. The lowest BCUT2D eigenvalue weighted by molar-refractivity contribution is -0.139. The van der Waals surface area contributed by atoms with Crippen LogP contribution in [0.5, 0.6) is 0 Å². The van der Waals surface area contributed by atoms with Gasteiger partial charge in [0, 0.05) is 12.5 Å². The number of carbonyl (C=O) groups is 2. The lowest BCUT2D eigenvalue weighted by Gasteiger charge is -2.27. The second-order valence-electron chi connectivity index (χ2n) is 5.89. The zero-order chi connectivity index (χ0) is 13.6. The highest BCUT2D eigenvalue weighted by molar-refractivity contribution is 6.05. The van der Waals surface area contributed by atoms with Gasteiger partial charge in [-0.15, -0.1) is 6.58 Å². The Morgan fingerprint density at radius 1 is 1.42 bits per heavy atom. The molecule has 2 heterocycles. The standard InChI is InChI=1S/C15H21NO3/c1-3-5-6-9-12-10(8-11-13(9)19-11)14(17)16(7-4-2)15(12)18/h4,9-13H,2-3,5-8H2,1H3. The maximum absolute atomic E-state index is 12.5. The normalized spacial score (nSPS) is 40.1. The second kappa shape index (κ2) is 4.75. The van der Waals surface area contributed by atoms with E-state index in [9.17, 15) is 9.59 Å². The molecule has 0 radical (unpaired) electrons. The van der Waals surface area contributed by atoms with Gasteiger partial charge in [-0.3, -0.25) is 14.5 Å². The summed E-state index contributed by atoms with van der Waals surface area (Å²) in [6.45, 7) is 6.13. The number of imide groups is 1. The highest BCUT2D eigenvalue weighted by atomic mass is 16.6. The number of nitrogens with zero attached hydrogens (tertiary/aromatic N) is 1. The third-order valence-electron chi connectivity index (χ3n) is 4.76. The number of epoxide rings is 1. The largest absolute Gasteiger partial charge is 0.369 e. The third kappa shape index (κ3) is 1.93. The predicted molar refractivity (Wildman–Crippen MR) is 70.2 cm³/mol.